The molecule has 102 valence electrons. The fraction of sp³-hybridized carbons (Fsp3) is 0.286. The molecule has 0 aliphatic carbocycles. The van der Waals surface area contributed by atoms with E-state index in [0.717, 1.165) is 17.5 Å². The molecule has 0 fully saturated rings. The van der Waals surface area contributed by atoms with Crippen LogP contribution < -0.4 is 4.72 Å². The van der Waals surface area contributed by atoms with E-state index in [1.807, 2.05) is 56.6 Å². The Labute approximate surface area is 114 Å². The molecule has 1 aromatic carbocycles. The Balaban J connectivity index is 2.20. The van der Waals surface area contributed by atoms with E-state index in [0.29, 0.717) is 5.82 Å². The highest BCUT2D eigenvalue weighted by molar-refractivity contribution is 7.91. The first-order valence-corrected chi connectivity index (χ1v) is 7.85. The molecule has 0 spiro atoms. The highest BCUT2D eigenvalue weighted by atomic mass is 32.2. The van der Waals surface area contributed by atoms with E-state index >= 15 is 0 Å². The summed E-state index contributed by atoms with van der Waals surface area (Å²) in [5, 5.41) is 0. The van der Waals surface area contributed by atoms with Crippen LogP contribution in [0.25, 0.3) is 0 Å². The average Bonchev–Trinajstić information content (AvgIpc) is 2.70. The van der Waals surface area contributed by atoms with Gasteiger partial charge in [0.25, 0.3) is 0 Å². The van der Waals surface area contributed by atoms with Gasteiger partial charge in [0.2, 0.25) is 10.0 Å². The van der Waals surface area contributed by atoms with Gasteiger partial charge in [0.05, 0.1) is 5.75 Å². The number of aryl methyl sites for hydroxylation is 2. The summed E-state index contributed by atoms with van der Waals surface area (Å²) < 4.78 is 28.8. The maximum absolute atomic E-state index is 12.2. The number of hydrogen-bond acceptors (Lipinski definition) is 2. The molecule has 2 aromatic rings. The Hall–Kier alpha value is -1.75. The second-order valence-corrected chi connectivity index (χ2v) is 6.22. The molecule has 0 aliphatic heterocycles. The summed E-state index contributed by atoms with van der Waals surface area (Å²) in [4.78, 5) is 0. The van der Waals surface area contributed by atoms with Crippen molar-refractivity contribution in [3.63, 3.8) is 0 Å². The SMILES string of the molecule is CCc1ccn(C)c1NS(=O)(=O)Cc1ccccc1. The largest absolute Gasteiger partial charge is 0.337 e. The normalized spacial score (nSPS) is 11.5. The van der Waals surface area contributed by atoms with E-state index in [2.05, 4.69) is 4.72 Å². The summed E-state index contributed by atoms with van der Waals surface area (Å²) in [6.45, 7) is 2.00. The molecule has 2 rings (SSSR count). The Morgan fingerprint density at radius 3 is 2.47 bits per heavy atom. The summed E-state index contributed by atoms with van der Waals surface area (Å²) in [6.07, 6.45) is 2.66. The number of rotatable bonds is 5. The molecule has 19 heavy (non-hydrogen) atoms. The summed E-state index contributed by atoms with van der Waals surface area (Å²) >= 11 is 0. The fourth-order valence-corrected chi connectivity index (χ4v) is 3.25. The van der Waals surface area contributed by atoms with Crippen LogP contribution in [0.15, 0.2) is 42.6 Å². The van der Waals surface area contributed by atoms with Gasteiger partial charge in [0, 0.05) is 13.2 Å². The van der Waals surface area contributed by atoms with Crippen molar-refractivity contribution in [3.8, 4) is 0 Å². The van der Waals surface area contributed by atoms with Gasteiger partial charge in [-0.05, 0) is 23.6 Å². The van der Waals surface area contributed by atoms with E-state index in [1.54, 1.807) is 4.57 Å². The van der Waals surface area contributed by atoms with Crippen molar-refractivity contribution in [3.05, 3.63) is 53.7 Å². The molecule has 0 bridgehead atoms. The van der Waals surface area contributed by atoms with Crippen molar-refractivity contribution in [2.75, 3.05) is 4.72 Å². The second-order valence-electron chi connectivity index (χ2n) is 4.50. The Morgan fingerprint density at radius 2 is 1.84 bits per heavy atom. The van der Waals surface area contributed by atoms with Crippen LogP contribution >= 0.6 is 0 Å². The molecule has 0 saturated heterocycles. The van der Waals surface area contributed by atoms with Gasteiger partial charge in [-0.2, -0.15) is 0 Å². The zero-order valence-corrected chi connectivity index (χ0v) is 11.9. The van der Waals surface area contributed by atoms with Gasteiger partial charge in [-0.25, -0.2) is 8.42 Å². The molecule has 1 aromatic heterocycles. The van der Waals surface area contributed by atoms with Crippen molar-refractivity contribution in [1.82, 2.24) is 4.57 Å². The lowest BCUT2D eigenvalue weighted by atomic mass is 10.2. The molecule has 0 radical (unpaired) electrons. The molecule has 0 saturated carbocycles. The number of benzene rings is 1. The number of sulfonamides is 1. The van der Waals surface area contributed by atoms with Crippen LogP contribution in [-0.4, -0.2) is 13.0 Å². The van der Waals surface area contributed by atoms with Crippen molar-refractivity contribution in [2.24, 2.45) is 7.05 Å². The van der Waals surface area contributed by atoms with Gasteiger partial charge < -0.3 is 4.57 Å². The predicted octanol–water partition coefficient (Wildman–Crippen LogP) is 2.53. The lowest BCUT2D eigenvalue weighted by Crippen LogP contribution is -2.17. The van der Waals surface area contributed by atoms with Crippen LogP contribution in [0.3, 0.4) is 0 Å². The van der Waals surface area contributed by atoms with E-state index in [-0.39, 0.29) is 5.75 Å². The second kappa shape index (κ2) is 5.48. The number of anilines is 1. The van der Waals surface area contributed by atoms with Crippen LogP contribution in [0, 0.1) is 0 Å². The van der Waals surface area contributed by atoms with Crippen LogP contribution in [-0.2, 0) is 29.2 Å². The van der Waals surface area contributed by atoms with Crippen molar-refractivity contribution in [1.29, 1.82) is 0 Å². The third-order valence-corrected chi connectivity index (χ3v) is 4.21. The van der Waals surface area contributed by atoms with Gasteiger partial charge in [-0.1, -0.05) is 37.3 Å². The molecule has 5 heteroatoms. The highest BCUT2D eigenvalue weighted by Gasteiger charge is 2.15. The first kappa shape index (κ1) is 13.7. The fourth-order valence-electron chi connectivity index (χ4n) is 1.98. The third-order valence-electron chi connectivity index (χ3n) is 2.99. The molecular weight excluding hydrogens is 260 g/mol. The standard InChI is InChI=1S/C14H18N2O2S/c1-3-13-9-10-16(2)14(13)15-19(17,18)11-12-7-5-4-6-8-12/h4-10,15H,3,11H2,1-2H3. The smallest absolute Gasteiger partial charge is 0.238 e. The van der Waals surface area contributed by atoms with E-state index in [4.69, 9.17) is 0 Å². The monoisotopic (exact) mass is 278 g/mol. The maximum Gasteiger partial charge on any atom is 0.238 e. The minimum atomic E-state index is -3.38. The van der Waals surface area contributed by atoms with E-state index < -0.39 is 10.0 Å². The Morgan fingerprint density at radius 1 is 1.16 bits per heavy atom. The van der Waals surface area contributed by atoms with Crippen LogP contribution in [0.1, 0.15) is 18.1 Å². The van der Waals surface area contributed by atoms with Crippen molar-refractivity contribution < 1.29 is 8.42 Å². The molecule has 0 aliphatic rings. The molecule has 0 amide bonds. The molecule has 1 N–H and O–H groups in total. The molecular formula is C14H18N2O2S. The minimum Gasteiger partial charge on any atom is -0.337 e. The van der Waals surface area contributed by atoms with Gasteiger partial charge in [0.15, 0.2) is 0 Å². The highest BCUT2D eigenvalue weighted by Crippen LogP contribution is 2.19. The average molecular weight is 278 g/mol. The zero-order chi connectivity index (χ0) is 13.9. The van der Waals surface area contributed by atoms with E-state index in [1.165, 1.54) is 0 Å². The zero-order valence-electron chi connectivity index (χ0n) is 11.1. The summed E-state index contributed by atoms with van der Waals surface area (Å²) in [6, 6.07) is 11.1. The van der Waals surface area contributed by atoms with Crippen molar-refractivity contribution in [2.45, 2.75) is 19.1 Å². The maximum atomic E-state index is 12.2. The molecule has 4 nitrogen and oxygen atoms in total. The first-order valence-electron chi connectivity index (χ1n) is 6.20. The number of nitrogens with one attached hydrogen (secondary N) is 1. The first-order chi connectivity index (χ1) is 9.02. The topological polar surface area (TPSA) is 51.1 Å². The third kappa shape index (κ3) is 3.38. The number of nitrogens with zero attached hydrogens (tertiary/aromatic N) is 1. The quantitative estimate of drug-likeness (QED) is 0.913. The van der Waals surface area contributed by atoms with Crippen molar-refractivity contribution >= 4 is 15.8 Å². The van der Waals surface area contributed by atoms with Gasteiger partial charge in [-0.15, -0.1) is 0 Å². The molecule has 0 atom stereocenters. The number of aromatic nitrogens is 1. The summed E-state index contributed by atoms with van der Waals surface area (Å²) in [5.74, 6) is 0.640. The number of hydrogen-bond donors (Lipinski definition) is 1. The summed E-state index contributed by atoms with van der Waals surface area (Å²) in [7, 11) is -1.55. The molecule has 1 heterocycles. The van der Waals surface area contributed by atoms with Crippen LogP contribution in [0.2, 0.25) is 0 Å². The lowest BCUT2D eigenvalue weighted by molar-refractivity contribution is 0.600. The Kier molecular flexibility index (Phi) is 3.95. The minimum absolute atomic E-state index is 0.0117. The Bertz CT molecular complexity index is 645. The van der Waals surface area contributed by atoms with Gasteiger partial charge >= 0.3 is 0 Å². The lowest BCUT2D eigenvalue weighted by Gasteiger charge is -2.11. The molecule has 0 unspecified atom stereocenters. The van der Waals surface area contributed by atoms with E-state index in [9.17, 15) is 8.42 Å². The predicted molar refractivity (Wildman–Crippen MR) is 77.5 cm³/mol. The van der Waals surface area contributed by atoms with Gasteiger partial charge in [-0.3, -0.25) is 4.72 Å². The summed E-state index contributed by atoms with van der Waals surface area (Å²) in [5.41, 5.74) is 1.78. The van der Waals surface area contributed by atoms with Crippen LogP contribution in [0.5, 0.6) is 0 Å². The van der Waals surface area contributed by atoms with Gasteiger partial charge in [0.1, 0.15) is 5.82 Å². The van der Waals surface area contributed by atoms with Crippen LogP contribution in [0.4, 0.5) is 5.82 Å².